The number of hydrogen-bond acceptors (Lipinski definition) is 3. The first-order valence-electron chi connectivity index (χ1n) is 9.11. The maximum atomic E-state index is 12.9. The number of thioether (sulfide) groups is 1. The molecule has 0 heterocycles. The molecular weight excluding hydrogens is 361 g/mol. The van der Waals surface area contributed by atoms with E-state index in [0.29, 0.717) is 17.4 Å². The van der Waals surface area contributed by atoms with Crippen LogP contribution in [0.1, 0.15) is 55.0 Å². The highest BCUT2D eigenvalue weighted by Crippen LogP contribution is 2.32. The van der Waals surface area contributed by atoms with Crippen molar-refractivity contribution in [1.29, 1.82) is 0 Å². The van der Waals surface area contributed by atoms with Crippen molar-refractivity contribution >= 4 is 17.7 Å². The highest BCUT2D eigenvalue weighted by molar-refractivity contribution is 7.99. The molecule has 146 valence electrons. The van der Waals surface area contributed by atoms with Crippen molar-refractivity contribution in [2.45, 2.75) is 45.4 Å². The molecule has 0 aliphatic rings. The lowest BCUT2D eigenvalue weighted by molar-refractivity contribution is -0.119. The fraction of sp³-hybridized carbons (Fsp3) is 0.409. The van der Waals surface area contributed by atoms with Crippen molar-refractivity contribution in [3.63, 3.8) is 0 Å². The van der Waals surface area contributed by atoms with E-state index >= 15 is 0 Å². The van der Waals surface area contributed by atoms with Crippen LogP contribution in [0, 0.1) is 12.7 Å². The lowest BCUT2D eigenvalue weighted by atomic mass is 9.93. The van der Waals surface area contributed by atoms with Gasteiger partial charge in [0.15, 0.2) is 0 Å². The highest BCUT2D eigenvalue weighted by Gasteiger charge is 2.16. The Labute approximate surface area is 165 Å². The smallest absolute Gasteiger partial charge is 0.230 e. The fourth-order valence-electron chi connectivity index (χ4n) is 3.01. The van der Waals surface area contributed by atoms with Crippen LogP contribution in [0.15, 0.2) is 36.4 Å². The van der Waals surface area contributed by atoms with Crippen molar-refractivity contribution in [3.8, 4) is 5.75 Å². The van der Waals surface area contributed by atoms with Crippen LogP contribution in [0.3, 0.4) is 0 Å². The number of halogens is 1. The summed E-state index contributed by atoms with van der Waals surface area (Å²) in [4.78, 5) is 12.3. The molecule has 0 saturated heterocycles. The average Bonchev–Trinajstić information content (AvgIpc) is 2.62. The van der Waals surface area contributed by atoms with Gasteiger partial charge in [0.25, 0.3) is 0 Å². The predicted octanol–water partition coefficient (Wildman–Crippen LogP) is 5.38. The van der Waals surface area contributed by atoms with E-state index in [1.807, 2.05) is 19.9 Å². The fourth-order valence-corrected chi connectivity index (χ4v) is 3.81. The quantitative estimate of drug-likeness (QED) is 0.659. The summed E-state index contributed by atoms with van der Waals surface area (Å²) in [5, 5.41) is 3.08. The first kappa shape index (κ1) is 21.3. The SMILES string of the molecule is COc1cc(C)c(C(C)NC(=O)CSCc2ccc(F)cc2)cc1C(C)C. The van der Waals surface area contributed by atoms with Crippen LogP contribution >= 0.6 is 11.8 Å². The maximum absolute atomic E-state index is 12.9. The Morgan fingerprint density at radius 3 is 2.41 bits per heavy atom. The number of aryl methyl sites for hydroxylation is 1. The molecular formula is C22H28FNO2S. The zero-order valence-electron chi connectivity index (χ0n) is 16.6. The van der Waals surface area contributed by atoms with Gasteiger partial charge in [-0.3, -0.25) is 4.79 Å². The van der Waals surface area contributed by atoms with Gasteiger partial charge in [-0.15, -0.1) is 11.8 Å². The normalized spacial score (nSPS) is 12.1. The van der Waals surface area contributed by atoms with Gasteiger partial charge in [-0.05, 0) is 66.3 Å². The molecule has 0 aliphatic carbocycles. The molecule has 1 unspecified atom stereocenters. The van der Waals surface area contributed by atoms with E-state index in [9.17, 15) is 9.18 Å². The number of benzene rings is 2. The standard InChI is InChI=1S/C22H28FNO2S/c1-14(2)19-11-20(15(3)10-21(19)26-5)16(4)24-22(25)13-27-12-17-6-8-18(23)9-7-17/h6-11,14,16H,12-13H2,1-5H3,(H,24,25). The third kappa shape index (κ3) is 5.99. The lowest BCUT2D eigenvalue weighted by Crippen LogP contribution is -2.28. The van der Waals surface area contributed by atoms with Crippen molar-refractivity contribution in [2.75, 3.05) is 12.9 Å². The molecule has 0 radical (unpaired) electrons. The van der Waals surface area contributed by atoms with Gasteiger partial charge in [-0.25, -0.2) is 4.39 Å². The minimum absolute atomic E-state index is 0.00377. The third-order valence-electron chi connectivity index (χ3n) is 4.50. The van der Waals surface area contributed by atoms with Gasteiger partial charge < -0.3 is 10.1 Å². The van der Waals surface area contributed by atoms with E-state index < -0.39 is 0 Å². The number of carbonyl (C=O) groups is 1. The number of amides is 1. The summed E-state index contributed by atoms with van der Waals surface area (Å²) in [7, 11) is 1.68. The number of hydrogen-bond donors (Lipinski definition) is 1. The van der Waals surface area contributed by atoms with Gasteiger partial charge in [0.05, 0.1) is 18.9 Å². The zero-order chi connectivity index (χ0) is 20.0. The Balaban J connectivity index is 1.95. The van der Waals surface area contributed by atoms with Crippen molar-refractivity contribution in [1.82, 2.24) is 5.32 Å². The van der Waals surface area contributed by atoms with E-state index in [0.717, 1.165) is 28.0 Å². The largest absolute Gasteiger partial charge is 0.496 e. The lowest BCUT2D eigenvalue weighted by Gasteiger charge is -2.21. The van der Waals surface area contributed by atoms with Crippen LogP contribution in [-0.4, -0.2) is 18.8 Å². The van der Waals surface area contributed by atoms with E-state index in [1.54, 1.807) is 19.2 Å². The van der Waals surface area contributed by atoms with Crippen molar-refractivity contribution < 1.29 is 13.9 Å². The number of ether oxygens (including phenoxy) is 1. The van der Waals surface area contributed by atoms with Crippen molar-refractivity contribution in [3.05, 3.63) is 64.5 Å². The monoisotopic (exact) mass is 389 g/mol. The van der Waals surface area contributed by atoms with E-state index in [-0.39, 0.29) is 17.8 Å². The minimum Gasteiger partial charge on any atom is -0.496 e. The number of nitrogens with one attached hydrogen (secondary N) is 1. The molecule has 0 fully saturated rings. The highest BCUT2D eigenvalue weighted by atomic mass is 32.2. The van der Waals surface area contributed by atoms with Crippen LogP contribution in [0.5, 0.6) is 5.75 Å². The molecule has 0 aliphatic heterocycles. The van der Waals surface area contributed by atoms with Crippen LogP contribution in [0.2, 0.25) is 0 Å². The molecule has 27 heavy (non-hydrogen) atoms. The summed E-state index contributed by atoms with van der Waals surface area (Å²) in [6.07, 6.45) is 0. The topological polar surface area (TPSA) is 38.3 Å². The van der Waals surface area contributed by atoms with Crippen LogP contribution in [0.25, 0.3) is 0 Å². The molecule has 0 spiro atoms. The van der Waals surface area contributed by atoms with Gasteiger partial charge in [-0.1, -0.05) is 26.0 Å². The second kappa shape index (κ2) is 9.79. The maximum Gasteiger partial charge on any atom is 0.230 e. The second-order valence-electron chi connectivity index (χ2n) is 7.01. The molecule has 2 aromatic rings. The molecule has 1 atom stereocenters. The molecule has 0 bridgehead atoms. The first-order chi connectivity index (χ1) is 12.8. The van der Waals surface area contributed by atoms with Crippen molar-refractivity contribution in [2.24, 2.45) is 0 Å². The molecule has 0 saturated carbocycles. The Morgan fingerprint density at radius 1 is 1.15 bits per heavy atom. The van der Waals surface area contributed by atoms with Gasteiger partial charge in [0.1, 0.15) is 11.6 Å². The Morgan fingerprint density at radius 2 is 1.81 bits per heavy atom. The summed E-state index contributed by atoms with van der Waals surface area (Å²) in [6, 6.07) is 10.5. The van der Waals surface area contributed by atoms with Crippen LogP contribution in [0.4, 0.5) is 4.39 Å². The molecule has 2 aromatic carbocycles. The van der Waals surface area contributed by atoms with Gasteiger partial charge in [0.2, 0.25) is 5.91 Å². The van der Waals surface area contributed by atoms with Gasteiger partial charge >= 0.3 is 0 Å². The summed E-state index contributed by atoms with van der Waals surface area (Å²) in [5.74, 6) is 2.03. The Kier molecular flexibility index (Phi) is 7.72. The average molecular weight is 390 g/mol. The number of methoxy groups -OCH3 is 1. The summed E-state index contributed by atoms with van der Waals surface area (Å²) < 4.78 is 18.4. The van der Waals surface area contributed by atoms with Crippen LogP contribution in [-0.2, 0) is 10.5 Å². The molecule has 1 amide bonds. The Hall–Kier alpha value is -2.01. The van der Waals surface area contributed by atoms with E-state index in [1.165, 1.54) is 23.9 Å². The van der Waals surface area contributed by atoms with Gasteiger partial charge in [-0.2, -0.15) is 0 Å². The molecule has 1 N–H and O–H groups in total. The third-order valence-corrected chi connectivity index (χ3v) is 5.50. The summed E-state index contributed by atoms with van der Waals surface area (Å²) in [5.41, 5.74) is 4.36. The number of carbonyl (C=O) groups excluding carboxylic acids is 1. The molecule has 0 aromatic heterocycles. The molecule has 5 heteroatoms. The summed E-state index contributed by atoms with van der Waals surface area (Å²) >= 11 is 1.52. The summed E-state index contributed by atoms with van der Waals surface area (Å²) in [6.45, 7) is 8.30. The number of rotatable bonds is 8. The van der Waals surface area contributed by atoms with E-state index in [4.69, 9.17) is 4.74 Å². The first-order valence-corrected chi connectivity index (χ1v) is 10.3. The second-order valence-corrected chi connectivity index (χ2v) is 8.00. The Bertz CT molecular complexity index is 775. The van der Waals surface area contributed by atoms with E-state index in [2.05, 4.69) is 25.2 Å². The molecule has 3 nitrogen and oxygen atoms in total. The van der Waals surface area contributed by atoms with Gasteiger partial charge in [0, 0.05) is 5.75 Å². The zero-order valence-corrected chi connectivity index (χ0v) is 17.5. The minimum atomic E-state index is -0.244. The predicted molar refractivity (Wildman–Crippen MR) is 111 cm³/mol. The van der Waals surface area contributed by atoms with Crippen LogP contribution < -0.4 is 10.1 Å². The molecule has 2 rings (SSSR count).